The van der Waals surface area contributed by atoms with Crippen LogP contribution in [0.5, 0.6) is 0 Å². The Labute approximate surface area is 76.1 Å². The highest BCUT2D eigenvalue weighted by Crippen LogP contribution is 2.01. The Morgan fingerprint density at radius 2 is 2.54 bits per heavy atom. The normalized spacial score (nSPS) is 9.69. The van der Waals surface area contributed by atoms with Crippen molar-refractivity contribution in [2.24, 2.45) is 12.8 Å². The molecular formula is C7H13N5O. The van der Waals surface area contributed by atoms with E-state index in [4.69, 9.17) is 5.73 Å². The van der Waals surface area contributed by atoms with Gasteiger partial charge in [0.25, 0.3) is 0 Å². The molecule has 1 aromatic heterocycles. The predicted octanol–water partition coefficient (Wildman–Crippen LogP) is -0.500. The summed E-state index contributed by atoms with van der Waals surface area (Å²) in [6.07, 6.45) is 3.28. The average Bonchev–Trinajstić information content (AvgIpc) is 2.48. The van der Waals surface area contributed by atoms with Crippen molar-refractivity contribution in [3.05, 3.63) is 12.4 Å². The van der Waals surface area contributed by atoms with Gasteiger partial charge < -0.3 is 16.4 Å². The second-order valence-electron chi connectivity index (χ2n) is 2.57. The summed E-state index contributed by atoms with van der Waals surface area (Å²) in [5, 5.41) is 9.09. The number of anilines is 1. The molecule has 2 amide bonds. The molecule has 1 aromatic rings. The van der Waals surface area contributed by atoms with Crippen LogP contribution in [-0.2, 0) is 7.05 Å². The second kappa shape index (κ2) is 4.46. The van der Waals surface area contributed by atoms with E-state index in [1.807, 2.05) is 0 Å². The molecule has 72 valence electrons. The van der Waals surface area contributed by atoms with Gasteiger partial charge in [-0.2, -0.15) is 5.10 Å². The van der Waals surface area contributed by atoms with Crippen molar-refractivity contribution in [1.82, 2.24) is 15.1 Å². The molecule has 0 aromatic carbocycles. The van der Waals surface area contributed by atoms with Crippen LogP contribution in [-0.4, -0.2) is 28.9 Å². The van der Waals surface area contributed by atoms with Gasteiger partial charge >= 0.3 is 6.03 Å². The zero-order valence-corrected chi connectivity index (χ0v) is 7.45. The summed E-state index contributed by atoms with van der Waals surface area (Å²) in [7, 11) is 1.78. The molecule has 0 radical (unpaired) electrons. The zero-order valence-electron chi connectivity index (χ0n) is 7.45. The van der Waals surface area contributed by atoms with Crippen LogP contribution in [0.25, 0.3) is 0 Å². The molecule has 13 heavy (non-hydrogen) atoms. The van der Waals surface area contributed by atoms with Gasteiger partial charge in [0.05, 0.1) is 11.9 Å². The van der Waals surface area contributed by atoms with E-state index in [0.717, 1.165) is 0 Å². The Morgan fingerprint density at radius 3 is 3.08 bits per heavy atom. The molecule has 0 aliphatic carbocycles. The lowest BCUT2D eigenvalue weighted by Crippen LogP contribution is -2.32. The third-order valence-electron chi connectivity index (χ3n) is 1.39. The Bertz CT molecular complexity index is 282. The van der Waals surface area contributed by atoms with Crippen molar-refractivity contribution in [2.45, 2.75) is 0 Å². The molecule has 6 heteroatoms. The van der Waals surface area contributed by atoms with Crippen molar-refractivity contribution in [2.75, 3.05) is 18.4 Å². The summed E-state index contributed by atoms with van der Waals surface area (Å²) < 4.78 is 1.61. The lowest BCUT2D eigenvalue weighted by Gasteiger charge is -2.02. The first-order valence-corrected chi connectivity index (χ1v) is 3.96. The Kier molecular flexibility index (Phi) is 3.27. The molecule has 6 nitrogen and oxygen atoms in total. The molecule has 0 fully saturated rings. The number of aromatic nitrogens is 2. The summed E-state index contributed by atoms with van der Waals surface area (Å²) in [6, 6.07) is -0.265. The van der Waals surface area contributed by atoms with Crippen molar-refractivity contribution >= 4 is 11.7 Å². The van der Waals surface area contributed by atoms with Crippen molar-refractivity contribution in [3.63, 3.8) is 0 Å². The predicted molar refractivity (Wildman–Crippen MR) is 49.3 cm³/mol. The van der Waals surface area contributed by atoms with Gasteiger partial charge in [0, 0.05) is 26.3 Å². The number of amides is 2. The van der Waals surface area contributed by atoms with Gasteiger partial charge in [-0.25, -0.2) is 4.79 Å². The minimum Gasteiger partial charge on any atom is -0.337 e. The van der Waals surface area contributed by atoms with Crippen molar-refractivity contribution in [1.29, 1.82) is 0 Å². The quantitative estimate of drug-likeness (QED) is 0.590. The van der Waals surface area contributed by atoms with E-state index in [9.17, 15) is 4.79 Å². The number of nitrogens with one attached hydrogen (secondary N) is 2. The number of urea groups is 1. The van der Waals surface area contributed by atoms with Gasteiger partial charge in [0.1, 0.15) is 0 Å². The van der Waals surface area contributed by atoms with E-state index in [1.54, 1.807) is 24.1 Å². The largest absolute Gasteiger partial charge is 0.337 e. The number of nitrogens with zero attached hydrogens (tertiary/aromatic N) is 2. The van der Waals surface area contributed by atoms with E-state index in [0.29, 0.717) is 18.8 Å². The maximum absolute atomic E-state index is 11.1. The molecule has 4 N–H and O–H groups in total. The Balaban J connectivity index is 2.36. The van der Waals surface area contributed by atoms with E-state index >= 15 is 0 Å². The smallest absolute Gasteiger partial charge is 0.319 e. The lowest BCUT2D eigenvalue weighted by molar-refractivity contribution is 0.252. The minimum absolute atomic E-state index is 0.265. The molecule has 0 unspecified atom stereocenters. The maximum Gasteiger partial charge on any atom is 0.319 e. The van der Waals surface area contributed by atoms with Gasteiger partial charge in [0.2, 0.25) is 0 Å². The Hall–Kier alpha value is -1.56. The fraction of sp³-hybridized carbons (Fsp3) is 0.429. The molecule has 0 aliphatic rings. The van der Waals surface area contributed by atoms with Gasteiger partial charge in [-0.3, -0.25) is 4.68 Å². The SMILES string of the molecule is Cn1cc(NC(=O)NCCN)cn1. The van der Waals surface area contributed by atoms with Gasteiger partial charge in [0.15, 0.2) is 0 Å². The van der Waals surface area contributed by atoms with Crippen molar-refractivity contribution in [3.8, 4) is 0 Å². The van der Waals surface area contributed by atoms with Gasteiger partial charge in [-0.1, -0.05) is 0 Å². The number of rotatable bonds is 3. The third kappa shape index (κ3) is 3.12. The van der Waals surface area contributed by atoms with Crippen LogP contribution >= 0.6 is 0 Å². The number of carbonyl (C=O) groups excluding carboxylic acids is 1. The number of nitrogens with two attached hydrogens (primary N) is 1. The van der Waals surface area contributed by atoms with Crippen LogP contribution in [0.1, 0.15) is 0 Å². The standard InChI is InChI=1S/C7H13N5O/c1-12-5-6(4-10-12)11-7(13)9-3-2-8/h4-5H,2-3,8H2,1H3,(H2,9,11,13). The molecule has 0 spiro atoms. The van der Waals surface area contributed by atoms with Gasteiger partial charge in [-0.05, 0) is 0 Å². The first kappa shape index (κ1) is 9.53. The molecule has 1 rings (SSSR count). The highest BCUT2D eigenvalue weighted by atomic mass is 16.2. The first-order valence-electron chi connectivity index (χ1n) is 3.96. The van der Waals surface area contributed by atoms with E-state index in [1.165, 1.54) is 0 Å². The van der Waals surface area contributed by atoms with E-state index < -0.39 is 0 Å². The summed E-state index contributed by atoms with van der Waals surface area (Å²) in [5.74, 6) is 0. The fourth-order valence-electron chi connectivity index (χ4n) is 0.847. The second-order valence-corrected chi connectivity index (χ2v) is 2.57. The summed E-state index contributed by atoms with van der Waals surface area (Å²) in [6.45, 7) is 0.895. The molecule has 0 aliphatic heterocycles. The molecule has 0 saturated heterocycles. The fourth-order valence-corrected chi connectivity index (χ4v) is 0.847. The van der Waals surface area contributed by atoms with E-state index in [-0.39, 0.29) is 6.03 Å². The van der Waals surface area contributed by atoms with Crippen LogP contribution in [0, 0.1) is 0 Å². The molecular weight excluding hydrogens is 170 g/mol. The highest BCUT2D eigenvalue weighted by molar-refractivity contribution is 5.88. The molecule has 0 bridgehead atoms. The van der Waals surface area contributed by atoms with Crippen molar-refractivity contribution < 1.29 is 4.79 Å². The minimum atomic E-state index is -0.265. The first-order chi connectivity index (χ1) is 6.22. The summed E-state index contributed by atoms with van der Waals surface area (Å²) >= 11 is 0. The monoisotopic (exact) mass is 183 g/mol. The summed E-state index contributed by atoms with van der Waals surface area (Å²) in [5.41, 5.74) is 5.88. The van der Waals surface area contributed by atoms with Crippen LogP contribution in [0.15, 0.2) is 12.4 Å². The van der Waals surface area contributed by atoms with E-state index in [2.05, 4.69) is 15.7 Å². The third-order valence-corrected chi connectivity index (χ3v) is 1.39. The van der Waals surface area contributed by atoms with Crippen LogP contribution in [0.4, 0.5) is 10.5 Å². The number of aryl methyl sites for hydroxylation is 1. The molecule has 0 atom stereocenters. The highest BCUT2D eigenvalue weighted by Gasteiger charge is 2.00. The maximum atomic E-state index is 11.1. The molecule has 0 saturated carbocycles. The molecule has 1 heterocycles. The zero-order chi connectivity index (χ0) is 9.68. The lowest BCUT2D eigenvalue weighted by atomic mass is 10.5. The van der Waals surface area contributed by atoms with Crippen LogP contribution in [0.2, 0.25) is 0 Å². The van der Waals surface area contributed by atoms with Crippen LogP contribution < -0.4 is 16.4 Å². The Morgan fingerprint density at radius 1 is 1.77 bits per heavy atom. The number of carbonyl (C=O) groups is 1. The topological polar surface area (TPSA) is 85.0 Å². The van der Waals surface area contributed by atoms with Gasteiger partial charge in [-0.15, -0.1) is 0 Å². The number of hydrogen-bond acceptors (Lipinski definition) is 3. The number of hydrogen-bond donors (Lipinski definition) is 3. The average molecular weight is 183 g/mol. The van der Waals surface area contributed by atoms with Crippen LogP contribution in [0.3, 0.4) is 0 Å². The summed E-state index contributed by atoms with van der Waals surface area (Å²) in [4.78, 5) is 11.1.